The number of carbonyl (C=O) groups excluding carboxylic acids is 1. The maximum Gasteiger partial charge on any atom is 0.387 e. The van der Waals surface area contributed by atoms with Gasteiger partial charge in [-0.05, 0) is 32.0 Å². The van der Waals surface area contributed by atoms with Crippen molar-refractivity contribution in [2.45, 2.75) is 26.0 Å². The van der Waals surface area contributed by atoms with Crippen molar-refractivity contribution < 1.29 is 18.3 Å². The molecule has 0 aliphatic carbocycles. The van der Waals surface area contributed by atoms with Gasteiger partial charge < -0.3 is 15.8 Å². The van der Waals surface area contributed by atoms with Gasteiger partial charge in [0.1, 0.15) is 5.75 Å². The van der Waals surface area contributed by atoms with Crippen LogP contribution in [0.2, 0.25) is 5.02 Å². The lowest BCUT2D eigenvalue weighted by Crippen LogP contribution is -2.45. The van der Waals surface area contributed by atoms with Crippen LogP contribution in [0.4, 0.5) is 14.5 Å². The normalized spacial score (nSPS) is 11.5. The van der Waals surface area contributed by atoms with Crippen molar-refractivity contribution in [3.05, 3.63) is 23.2 Å². The minimum Gasteiger partial charge on any atom is -0.433 e. The molecule has 0 aliphatic heterocycles. The molecule has 0 heterocycles. The Hall–Kier alpha value is -1.40. The Balaban J connectivity index is 2.82. The molecule has 0 aromatic heterocycles. The third-order valence-electron chi connectivity index (χ3n) is 1.99. The summed E-state index contributed by atoms with van der Waals surface area (Å²) in [5, 5.41) is 2.49. The molecule has 1 amide bonds. The molecule has 0 unspecified atom stereocenters. The van der Waals surface area contributed by atoms with Gasteiger partial charge in [-0.25, -0.2) is 0 Å². The van der Waals surface area contributed by atoms with Gasteiger partial charge in [0.05, 0.1) is 10.6 Å². The number of hydrogen-bond acceptors (Lipinski definition) is 3. The fraction of sp³-hybridized carbons (Fsp3) is 0.364. The molecule has 0 fully saturated rings. The Morgan fingerprint density at radius 2 is 2.11 bits per heavy atom. The molecule has 3 N–H and O–H groups in total. The molecule has 0 saturated heterocycles. The van der Waals surface area contributed by atoms with Crippen LogP contribution >= 0.6 is 11.6 Å². The van der Waals surface area contributed by atoms with E-state index in [0.29, 0.717) is 5.69 Å². The van der Waals surface area contributed by atoms with Crippen LogP contribution < -0.4 is 15.8 Å². The Labute approximate surface area is 108 Å². The molecule has 0 aliphatic rings. The summed E-state index contributed by atoms with van der Waals surface area (Å²) in [6.07, 6.45) is 0. The zero-order valence-electron chi connectivity index (χ0n) is 9.84. The van der Waals surface area contributed by atoms with Crippen LogP contribution in [0.3, 0.4) is 0 Å². The first-order valence-electron chi connectivity index (χ1n) is 5.05. The van der Waals surface area contributed by atoms with E-state index in [1.807, 2.05) is 0 Å². The first kappa shape index (κ1) is 14.7. The number of ether oxygens (including phenoxy) is 1. The van der Waals surface area contributed by atoms with Gasteiger partial charge in [-0.2, -0.15) is 8.78 Å². The standard InChI is InChI=1S/C11H13ClF2N2O2/c1-11(2,15)9(17)16-6-3-4-8(7(12)5-6)18-10(13)14/h3-5,10H,15H2,1-2H3,(H,16,17). The molecule has 18 heavy (non-hydrogen) atoms. The van der Waals surface area contributed by atoms with E-state index < -0.39 is 18.1 Å². The van der Waals surface area contributed by atoms with Crippen LogP contribution in [0.1, 0.15) is 13.8 Å². The molecule has 100 valence electrons. The van der Waals surface area contributed by atoms with Crippen LogP contribution in [-0.2, 0) is 4.79 Å². The lowest BCUT2D eigenvalue weighted by molar-refractivity contribution is -0.120. The van der Waals surface area contributed by atoms with E-state index in [-0.39, 0.29) is 10.8 Å². The molecular weight excluding hydrogens is 266 g/mol. The number of hydrogen-bond donors (Lipinski definition) is 2. The van der Waals surface area contributed by atoms with E-state index in [1.165, 1.54) is 32.0 Å². The molecule has 1 rings (SSSR count). The number of nitrogens with one attached hydrogen (secondary N) is 1. The quantitative estimate of drug-likeness (QED) is 0.890. The predicted octanol–water partition coefficient (Wildman–Crippen LogP) is 2.62. The molecule has 0 radical (unpaired) electrons. The van der Waals surface area contributed by atoms with Crippen molar-refractivity contribution in [2.24, 2.45) is 5.73 Å². The van der Waals surface area contributed by atoms with Gasteiger partial charge in [0, 0.05) is 5.69 Å². The van der Waals surface area contributed by atoms with E-state index in [2.05, 4.69) is 10.1 Å². The molecular formula is C11H13ClF2N2O2. The summed E-state index contributed by atoms with van der Waals surface area (Å²) < 4.78 is 28.2. The molecule has 1 aromatic rings. The van der Waals surface area contributed by atoms with E-state index in [4.69, 9.17) is 17.3 Å². The summed E-state index contributed by atoms with van der Waals surface area (Å²) in [5.74, 6) is -0.572. The van der Waals surface area contributed by atoms with Gasteiger partial charge >= 0.3 is 6.61 Å². The number of carbonyl (C=O) groups is 1. The molecule has 0 bridgehead atoms. The van der Waals surface area contributed by atoms with Gasteiger partial charge in [-0.1, -0.05) is 11.6 Å². The van der Waals surface area contributed by atoms with Crippen molar-refractivity contribution in [3.8, 4) is 5.75 Å². The van der Waals surface area contributed by atoms with E-state index in [0.717, 1.165) is 0 Å². The van der Waals surface area contributed by atoms with Crippen LogP contribution in [0, 0.1) is 0 Å². The fourth-order valence-corrected chi connectivity index (χ4v) is 1.29. The van der Waals surface area contributed by atoms with Crippen LogP contribution in [-0.4, -0.2) is 18.1 Å². The summed E-state index contributed by atoms with van der Waals surface area (Å²) in [4.78, 5) is 11.6. The molecule has 0 spiro atoms. The van der Waals surface area contributed by atoms with Crippen molar-refractivity contribution in [2.75, 3.05) is 5.32 Å². The molecule has 4 nitrogen and oxygen atoms in total. The minimum atomic E-state index is -2.95. The number of nitrogens with two attached hydrogens (primary N) is 1. The van der Waals surface area contributed by atoms with Crippen LogP contribution in [0.25, 0.3) is 0 Å². The van der Waals surface area contributed by atoms with Crippen molar-refractivity contribution in [1.82, 2.24) is 0 Å². The smallest absolute Gasteiger partial charge is 0.387 e. The minimum absolute atomic E-state index is 0.0251. The number of alkyl halides is 2. The van der Waals surface area contributed by atoms with Crippen LogP contribution in [0.15, 0.2) is 18.2 Å². The van der Waals surface area contributed by atoms with Crippen molar-refractivity contribution in [1.29, 1.82) is 0 Å². The highest BCUT2D eigenvalue weighted by Crippen LogP contribution is 2.29. The summed E-state index contributed by atoms with van der Waals surface area (Å²) >= 11 is 5.73. The van der Waals surface area contributed by atoms with Crippen molar-refractivity contribution in [3.63, 3.8) is 0 Å². The van der Waals surface area contributed by atoms with Gasteiger partial charge in [0.25, 0.3) is 0 Å². The van der Waals surface area contributed by atoms with Crippen LogP contribution in [0.5, 0.6) is 5.75 Å². The number of halogens is 3. The van der Waals surface area contributed by atoms with Gasteiger partial charge in [0.2, 0.25) is 5.91 Å². The Morgan fingerprint density at radius 3 is 2.56 bits per heavy atom. The van der Waals surface area contributed by atoms with E-state index in [9.17, 15) is 13.6 Å². The predicted molar refractivity (Wildman–Crippen MR) is 65.0 cm³/mol. The van der Waals surface area contributed by atoms with E-state index in [1.54, 1.807) is 0 Å². The zero-order chi connectivity index (χ0) is 13.9. The average molecular weight is 279 g/mol. The number of rotatable bonds is 4. The second-order valence-corrected chi connectivity index (χ2v) is 4.61. The lowest BCUT2D eigenvalue weighted by Gasteiger charge is -2.18. The van der Waals surface area contributed by atoms with Gasteiger partial charge in [0.15, 0.2) is 0 Å². The summed E-state index contributed by atoms with van der Waals surface area (Å²) in [7, 11) is 0. The largest absolute Gasteiger partial charge is 0.433 e. The second-order valence-electron chi connectivity index (χ2n) is 4.20. The lowest BCUT2D eigenvalue weighted by atomic mass is 10.1. The number of anilines is 1. The Bertz CT molecular complexity index is 447. The highest BCUT2D eigenvalue weighted by molar-refractivity contribution is 6.32. The van der Waals surface area contributed by atoms with Gasteiger partial charge in [-0.15, -0.1) is 0 Å². The second kappa shape index (κ2) is 5.49. The SMILES string of the molecule is CC(C)(N)C(=O)Nc1ccc(OC(F)F)c(Cl)c1. The third kappa shape index (κ3) is 4.12. The van der Waals surface area contributed by atoms with Gasteiger partial charge in [-0.3, -0.25) is 4.79 Å². The molecule has 7 heteroatoms. The highest BCUT2D eigenvalue weighted by Gasteiger charge is 2.22. The Morgan fingerprint density at radius 1 is 1.50 bits per heavy atom. The monoisotopic (exact) mass is 278 g/mol. The maximum absolute atomic E-state index is 12.0. The Kier molecular flexibility index (Phi) is 4.48. The fourth-order valence-electron chi connectivity index (χ4n) is 1.06. The maximum atomic E-state index is 12.0. The zero-order valence-corrected chi connectivity index (χ0v) is 10.6. The summed E-state index contributed by atoms with van der Waals surface area (Å²) in [5.41, 5.74) is 4.89. The highest BCUT2D eigenvalue weighted by atomic mass is 35.5. The summed E-state index contributed by atoms with van der Waals surface area (Å²) in [6.45, 7) is 0.127. The topological polar surface area (TPSA) is 64.4 Å². The number of amides is 1. The van der Waals surface area contributed by atoms with E-state index >= 15 is 0 Å². The molecule has 0 atom stereocenters. The van der Waals surface area contributed by atoms with Crippen molar-refractivity contribution >= 4 is 23.2 Å². The average Bonchev–Trinajstić information content (AvgIpc) is 2.20. The summed E-state index contributed by atoms with van der Waals surface area (Å²) in [6, 6.07) is 3.95. The first-order valence-corrected chi connectivity index (χ1v) is 5.42. The number of benzene rings is 1. The third-order valence-corrected chi connectivity index (χ3v) is 2.29. The molecule has 0 saturated carbocycles. The molecule has 1 aromatic carbocycles. The first-order chi connectivity index (χ1) is 8.20.